The maximum Gasteiger partial charge on any atom is 0.314 e. The Hall–Kier alpha value is -3.07. The van der Waals surface area contributed by atoms with Gasteiger partial charge in [0.1, 0.15) is 5.82 Å². The van der Waals surface area contributed by atoms with Gasteiger partial charge >= 0.3 is 5.97 Å². The highest BCUT2D eigenvalue weighted by Gasteiger charge is 2.32. The van der Waals surface area contributed by atoms with Crippen molar-refractivity contribution in [2.24, 2.45) is 0 Å². The fourth-order valence-electron chi connectivity index (χ4n) is 2.98. The summed E-state index contributed by atoms with van der Waals surface area (Å²) < 4.78 is 18.5. The van der Waals surface area contributed by atoms with Crippen LogP contribution in [0.3, 0.4) is 0 Å². The van der Waals surface area contributed by atoms with E-state index >= 15 is 0 Å². The Kier molecular flexibility index (Phi) is 6.38. The minimum Gasteiger partial charge on any atom is -0.457 e. The molecule has 9 heteroatoms. The Labute approximate surface area is 170 Å². The van der Waals surface area contributed by atoms with Crippen LogP contribution >= 0.6 is 11.3 Å². The van der Waals surface area contributed by atoms with Crippen molar-refractivity contribution in [3.63, 3.8) is 0 Å². The van der Waals surface area contributed by atoms with Crippen LogP contribution in [0.5, 0.6) is 0 Å². The molecule has 2 heterocycles. The minimum absolute atomic E-state index is 0.120. The first-order chi connectivity index (χ1) is 13.8. The van der Waals surface area contributed by atoms with Crippen LogP contribution in [0.25, 0.3) is 0 Å². The second-order valence-corrected chi connectivity index (χ2v) is 7.73. The molecule has 1 aromatic heterocycles. The van der Waals surface area contributed by atoms with Crippen molar-refractivity contribution < 1.29 is 28.3 Å². The third-order valence-corrected chi connectivity index (χ3v) is 5.55. The zero-order valence-electron chi connectivity index (χ0n) is 15.6. The number of Topliss-reactive ketones (excluding diaryl/α,β-unsaturated/α-hetero) is 1. The number of halogens is 1. The zero-order chi connectivity index (χ0) is 21.0. The van der Waals surface area contributed by atoms with Crippen LogP contribution in [0.1, 0.15) is 39.4 Å². The molecule has 3 rings (SSSR count). The van der Waals surface area contributed by atoms with E-state index in [0.717, 1.165) is 10.9 Å². The number of amides is 2. The van der Waals surface area contributed by atoms with E-state index in [2.05, 4.69) is 10.6 Å². The van der Waals surface area contributed by atoms with Crippen molar-refractivity contribution in [1.29, 1.82) is 0 Å². The monoisotopic (exact) mass is 418 g/mol. The van der Waals surface area contributed by atoms with Crippen LogP contribution < -0.4 is 10.6 Å². The average Bonchev–Trinajstić information content (AvgIpc) is 3.13. The Morgan fingerprint density at radius 2 is 2.07 bits per heavy atom. The molecule has 1 unspecified atom stereocenters. The molecule has 0 bridgehead atoms. The molecule has 1 aromatic carbocycles. The van der Waals surface area contributed by atoms with E-state index in [0.29, 0.717) is 23.4 Å². The molecule has 1 aliphatic heterocycles. The average molecular weight is 418 g/mol. The van der Waals surface area contributed by atoms with Crippen LogP contribution in [0.2, 0.25) is 0 Å². The number of nitrogens with one attached hydrogen (secondary N) is 2. The Morgan fingerprint density at radius 1 is 1.28 bits per heavy atom. The number of benzene rings is 1. The highest BCUT2D eigenvalue weighted by molar-refractivity contribution is 7.14. The van der Waals surface area contributed by atoms with Crippen LogP contribution in [-0.4, -0.2) is 36.7 Å². The lowest BCUT2D eigenvalue weighted by atomic mass is 9.90. The number of carbonyl (C=O) groups is 4. The fourth-order valence-corrected chi connectivity index (χ4v) is 3.91. The van der Waals surface area contributed by atoms with Crippen LogP contribution in [0.4, 0.5) is 10.1 Å². The van der Waals surface area contributed by atoms with Gasteiger partial charge in [0.05, 0.1) is 10.8 Å². The van der Waals surface area contributed by atoms with Crippen molar-refractivity contribution in [2.45, 2.75) is 25.7 Å². The quantitative estimate of drug-likeness (QED) is 0.531. The number of thiophene rings is 1. The molecule has 0 saturated carbocycles. The topological polar surface area (TPSA) is 102 Å². The fraction of sp³-hybridized carbons (Fsp3) is 0.300. The summed E-state index contributed by atoms with van der Waals surface area (Å²) in [6.07, 6.45) is 0.472. The maximum absolute atomic E-state index is 13.4. The molecule has 0 radical (unpaired) electrons. The Bertz CT molecular complexity index is 972. The van der Waals surface area contributed by atoms with Gasteiger partial charge in [0, 0.05) is 30.5 Å². The number of ether oxygens (including phenoxy) is 1. The van der Waals surface area contributed by atoms with Gasteiger partial charge in [-0.15, -0.1) is 11.3 Å². The van der Waals surface area contributed by atoms with Gasteiger partial charge in [-0.2, -0.15) is 0 Å². The number of hydrogen-bond donors (Lipinski definition) is 2. The van der Waals surface area contributed by atoms with Gasteiger partial charge in [0.2, 0.25) is 17.6 Å². The summed E-state index contributed by atoms with van der Waals surface area (Å²) >= 11 is 1.27. The van der Waals surface area contributed by atoms with Gasteiger partial charge in [-0.05, 0) is 36.2 Å². The molecular weight excluding hydrogens is 399 g/mol. The summed E-state index contributed by atoms with van der Waals surface area (Å²) in [6, 6.07) is 7.22. The van der Waals surface area contributed by atoms with Crippen molar-refractivity contribution in [3.05, 3.63) is 51.5 Å². The van der Waals surface area contributed by atoms with Crippen LogP contribution in [0, 0.1) is 5.82 Å². The number of anilines is 1. The molecule has 2 N–H and O–H groups in total. The second-order valence-electron chi connectivity index (χ2n) is 6.57. The lowest BCUT2D eigenvalue weighted by molar-refractivity contribution is -0.145. The third kappa shape index (κ3) is 5.26. The van der Waals surface area contributed by atoms with Gasteiger partial charge < -0.3 is 15.4 Å². The molecule has 7 nitrogen and oxygen atoms in total. The van der Waals surface area contributed by atoms with E-state index in [1.807, 2.05) is 0 Å². The molecule has 29 heavy (non-hydrogen) atoms. The number of ketones is 1. The normalized spacial score (nSPS) is 15.2. The molecular formula is C20H19FN2O5S. The lowest BCUT2D eigenvalue weighted by Gasteiger charge is -2.24. The summed E-state index contributed by atoms with van der Waals surface area (Å²) in [4.78, 5) is 48.8. The highest BCUT2D eigenvalue weighted by Crippen LogP contribution is 2.33. The van der Waals surface area contributed by atoms with Crippen molar-refractivity contribution in [1.82, 2.24) is 5.32 Å². The van der Waals surface area contributed by atoms with Crippen molar-refractivity contribution >= 4 is 40.6 Å². The van der Waals surface area contributed by atoms with E-state index < -0.39 is 30.2 Å². The largest absolute Gasteiger partial charge is 0.457 e. The minimum atomic E-state index is -0.885. The molecule has 0 saturated heterocycles. The number of esters is 1. The third-order valence-electron chi connectivity index (χ3n) is 4.37. The Balaban J connectivity index is 1.58. The van der Waals surface area contributed by atoms with Gasteiger partial charge in [0.25, 0.3) is 0 Å². The van der Waals surface area contributed by atoms with Gasteiger partial charge in [0.15, 0.2) is 6.61 Å². The molecule has 1 aliphatic rings. The van der Waals surface area contributed by atoms with Gasteiger partial charge in [-0.1, -0.05) is 6.07 Å². The van der Waals surface area contributed by atoms with Gasteiger partial charge in [-0.3, -0.25) is 19.2 Å². The second kappa shape index (κ2) is 8.95. The number of carbonyl (C=O) groups excluding carboxylic acids is 4. The highest BCUT2D eigenvalue weighted by atomic mass is 32.1. The maximum atomic E-state index is 13.4. The number of fused-ring (bicyclic) bond motifs is 1. The summed E-state index contributed by atoms with van der Waals surface area (Å²) in [7, 11) is 0. The molecule has 0 spiro atoms. The number of hydrogen-bond acceptors (Lipinski definition) is 6. The summed E-state index contributed by atoms with van der Waals surface area (Å²) in [5.41, 5.74) is 0.691. The lowest BCUT2D eigenvalue weighted by Crippen LogP contribution is -2.29. The van der Waals surface area contributed by atoms with E-state index in [1.54, 1.807) is 12.1 Å². The SMILES string of the molecule is CC(=O)NCCc1ccc(C(=O)COC(=O)C2CC(=O)Nc3cc(F)ccc32)s1. The zero-order valence-corrected chi connectivity index (χ0v) is 16.4. The van der Waals surface area contributed by atoms with Crippen LogP contribution in [0.15, 0.2) is 30.3 Å². The Morgan fingerprint density at radius 3 is 2.83 bits per heavy atom. The van der Waals surface area contributed by atoms with E-state index in [9.17, 15) is 23.6 Å². The van der Waals surface area contributed by atoms with E-state index in [1.165, 1.54) is 30.4 Å². The van der Waals surface area contributed by atoms with E-state index in [-0.39, 0.29) is 23.8 Å². The van der Waals surface area contributed by atoms with Crippen molar-refractivity contribution in [3.8, 4) is 0 Å². The van der Waals surface area contributed by atoms with E-state index in [4.69, 9.17) is 4.74 Å². The first-order valence-electron chi connectivity index (χ1n) is 8.96. The van der Waals surface area contributed by atoms with Crippen molar-refractivity contribution in [2.75, 3.05) is 18.5 Å². The first-order valence-corrected chi connectivity index (χ1v) is 9.77. The predicted octanol–water partition coefficient (Wildman–Crippen LogP) is 2.42. The number of rotatable bonds is 7. The summed E-state index contributed by atoms with van der Waals surface area (Å²) in [5.74, 6) is -3.01. The smallest absolute Gasteiger partial charge is 0.314 e. The molecule has 0 fully saturated rings. The predicted molar refractivity (Wildman–Crippen MR) is 104 cm³/mol. The molecule has 1 atom stereocenters. The summed E-state index contributed by atoms with van der Waals surface area (Å²) in [5, 5.41) is 5.21. The molecule has 2 amide bonds. The molecule has 152 valence electrons. The molecule has 0 aliphatic carbocycles. The van der Waals surface area contributed by atoms with Crippen LogP contribution in [-0.2, 0) is 25.5 Å². The standard InChI is InChI=1S/C20H19FN2O5S/c1-11(24)22-7-6-13-3-5-18(29-13)17(25)10-28-20(27)15-9-19(26)23-16-8-12(21)2-4-14(15)16/h2-5,8,15H,6-7,9-10H2,1H3,(H,22,24)(H,23,26). The molecule has 2 aromatic rings. The first kappa shape index (κ1) is 20.7. The summed E-state index contributed by atoms with van der Waals surface area (Å²) in [6.45, 7) is 1.46. The van der Waals surface area contributed by atoms with Gasteiger partial charge in [-0.25, -0.2) is 4.39 Å².